The van der Waals surface area contributed by atoms with E-state index in [0.29, 0.717) is 6.54 Å². The Morgan fingerprint density at radius 3 is 2.28 bits per heavy atom. The molecule has 0 saturated carbocycles. The van der Waals surface area contributed by atoms with Gasteiger partial charge in [-0.1, -0.05) is 0 Å². The van der Waals surface area contributed by atoms with Crippen LogP contribution in [0.4, 0.5) is 19.1 Å². The molecule has 0 bridgehead atoms. The number of alkyl halides is 3. The molecule has 11 heteroatoms. The van der Waals surface area contributed by atoms with Crippen molar-refractivity contribution in [3.05, 3.63) is 18.5 Å². The highest BCUT2D eigenvalue weighted by atomic mass is 19.4. The molecular weight excluding hydrogens is 345 g/mol. The van der Waals surface area contributed by atoms with Crippen LogP contribution in [0, 0.1) is 0 Å². The molecule has 0 aliphatic carbocycles. The Labute approximate surface area is 141 Å². The molecule has 25 heavy (non-hydrogen) atoms. The van der Waals surface area contributed by atoms with E-state index in [1.54, 1.807) is 12.4 Å². The van der Waals surface area contributed by atoms with E-state index >= 15 is 0 Å². The molecule has 2 N–H and O–H groups in total. The summed E-state index contributed by atoms with van der Waals surface area (Å²) >= 11 is 0. The number of nitrogens with one attached hydrogen (secondary N) is 1. The summed E-state index contributed by atoms with van der Waals surface area (Å²) in [5.74, 6) is -2.01. The lowest BCUT2D eigenvalue weighted by Gasteiger charge is -2.43. The van der Waals surface area contributed by atoms with Gasteiger partial charge in [0, 0.05) is 32.0 Å². The van der Waals surface area contributed by atoms with E-state index in [2.05, 4.69) is 20.2 Å². The number of aliphatic carboxylic acids is 1. The van der Waals surface area contributed by atoms with E-state index in [9.17, 15) is 18.0 Å². The van der Waals surface area contributed by atoms with Gasteiger partial charge < -0.3 is 20.1 Å². The zero-order valence-corrected chi connectivity index (χ0v) is 13.1. The molecule has 1 aromatic heterocycles. The molecule has 2 fully saturated rings. The molecule has 138 valence electrons. The first kappa shape index (κ1) is 18.9. The number of carboxylic acids is 1. The van der Waals surface area contributed by atoms with Crippen LogP contribution in [0.1, 0.15) is 12.8 Å². The van der Waals surface area contributed by atoms with Crippen molar-refractivity contribution in [3.63, 3.8) is 0 Å². The SMILES string of the molecule is O=C(O)C(F)(F)F.O=C1COC2(CCN(c3ncccn3)CC2)CN1. The summed E-state index contributed by atoms with van der Waals surface area (Å²) in [4.78, 5) is 30.7. The molecule has 1 aromatic rings. The van der Waals surface area contributed by atoms with Gasteiger partial charge in [0.1, 0.15) is 6.61 Å². The third kappa shape index (κ3) is 5.28. The van der Waals surface area contributed by atoms with Crippen LogP contribution in [-0.2, 0) is 14.3 Å². The van der Waals surface area contributed by atoms with Gasteiger partial charge in [0.2, 0.25) is 11.9 Å². The Balaban J connectivity index is 0.000000277. The molecule has 2 saturated heterocycles. The lowest BCUT2D eigenvalue weighted by Crippen LogP contribution is -2.57. The molecule has 0 radical (unpaired) electrons. The Hall–Kier alpha value is -2.43. The number of hydrogen-bond acceptors (Lipinski definition) is 6. The predicted octanol–water partition coefficient (Wildman–Crippen LogP) is 0.595. The van der Waals surface area contributed by atoms with Crippen LogP contribution in [0.15, 0.2) is 18.5 Å². The van der Waals surface area contributed by atoms with E-state index in [1.165, 1.54) is 0 Å². The lowest BCUT2D eigenvalue weighted by atomic mass is 9.90. The second-order valence-electron chi connectivity index (χ2n) is 5.59. The van der Waals surface area contributed by atoms with Crippen molar-refractivity contribution in [2.45, 2.75) is 24.6 Å². The number of anilines is 1. The minimum absolute atomic E-state index is 0.0190. The number of carbonyl (C=O) groups excluding carboxylic acids is 1. The number of amides is 1. The van der Waals surface area contributed by atoms with Gasteiger partial charge in [0.05, 0.1) is 5.60 Å². The molecule has 0 atom stereocenters. The van der Waals surface area contributed by atoms with Crippen LogP contribution < -0.4 is 10.2 Å². The van der Waals surface area contributed by atoms with Crippen LogP contribution in [-0.4, -0.2) is 65.0 Å². The van der Waals surface area contributed by atoms with Crippen LogP contribution in [0.25, 0.3) is 0 Å². The quantitative estimate of drug-likeness (QED) is 0.754. The predicted molar refractivity (Wildman–Crippen MR) is 78.9 cm³/mol. The van der Waals surface area contributed by atoms with E-state index < -0.39 is 12.1 Å². The highest BCUT2D eigenvalue weighted by molar-refractivity contribution is 5.78. The van der Waals surface area contributed by atoms with Gasteiger partial charge in [-0.3, -0.25) is 4.79 Å². The zero-order chi connectivity index (χ0) is 18.5. The Bertz CT molecular complexity index is 592. The smallest absolute Gasteiger partial charge is 0.475 e. The summed E-state index contributed by atoms with van der Waals surface area (Å²) in [5, 5.41) is 10.0. The first-order chi connectivity index (χ1) is 11.7. The van der Waals surface area contributed by atoms with E-state index in [4.69, 9.17) is 14.6 Å². The fourth-order valence-corrected chi connectivity index (χ4v) is 2.47. The number of piperidine rings is 1. The van der Waals surface area contributed by atoms with Crippen LogP contribution in [0.2, 0.25) is 0 Å². The van der Waals surface area contributed by atoms with E-state index in [1.807, 2.05) is 6.07 Å². The monoisotopic (exact) mass is 362 g/mol. The van der Waals surface area contributed by atoms with Crippen molar-refractivity contribution in [2.75, 3.05) is 31.1 Å². The first-order valence-electron chi connectivity index (χ1n) is 7.45. The van der Waals surface area contributed by atoms with Gasteiger partial charge in [0.25, 0.3) is 0 Å². The summed E-state index contributed by atoms with van der Waals surface area (Å²) in [6.07, 6.45) is 0.213. The lowest BCUT2D eigenvalue weighted by molar-refractivity contribution is -0.192. The second-order valence-corrected chi connectivity index (χ2v) is 5.59. The number of nitrogens with zero attached hydrogens (tertiary/aromatic N) is 3. The van der Waals surface area contributed by atoms with E-state index in [0.717, 1.165) is 31.9 Å². The van der Waals surface area contributed by atoms with Gasteiger partial charge in [-0.15, -0.1) is 0 Å². The van der Waals surface area contributed by atoms with Crippen molar-refractivity contribution < 1.29 is 32.6 Å². The highest BCUT2D eigenvalue weighted by Gasteiger charge is 2.39. The summed E-state index contributed by atoms with van der Waals surface area (Å²) in [7, 11) is 0. The van der Waals surface area contributed by atoms with Gasteiger partial charge >= 0.3 is 12.1 Å². The average Bonchev–Trinajstić information content (AvgIpc) is 2.59. The van der Waals surface area contributed by atoms with Crippen molar-refractivity contribution in [3.8, 4) is 0 Å². The molecule has 2 aliphatic rings. The zero-order valence-electron chi connectivity index (χ0n) is 13.1. The summed E-state index contributed by atoms with van der Waals surface area (Å²) in [6, 6.07) is 1.81. The van der Waals surface area contributed by atoms with Crippen molar-refractivity contribution in [1.29, 1.82) is 0 Å². The Morgan fingerprint density at radius 1 is 1.28 bits per heavy atom. The Morgan fingerprint density at radius 2 is 1.84 bits per heavy atom. The van der Waals surface area contributed by atoms with Crippen molar-refractivity contribution in [1.82, 2.24) is 15.3 Å². The summed E-state index contributed by atoms with van der Waals surface area (Å²) in [6.45, 7) is 2.52. The molecule has 8 nitrogen and oxygen atoms in total. The molecule has 3 rings (SSSR count). The molecule has 1 amide bonds. The fourth-order valence-electron chi connectivity index (χ4n) is 2.47. The fraction of sp³-hybridized carbons (Fsp3) is 0.571. The van der Waals surface area contributed by atoms with Gasteiger partial charge in [-0.2, -0.15) is 13.2 Å². The normalized spacial score (nSPS) is 19.6. The number of rotatable bonds is 1. The largest absolute Gasteiger partial charge is 0.490 e. The van der Waals surface area contributed by atoms with Crippen molar-refractivity contribution in [2.24, 2.45) is 0 Å². The van der Waals surface area contributed by atoms with Crippen molar-refractivity contribution >= 4 is 17.8 Å². The molecule has 2 aliphatic heterocycles. The summed E-state index contributed by atoms with van der Waals surface area (Å²) < 4.78 is 37.5. The maximum atomic E-state index is 11.1. The van der Waals surface area contributed by atoms with E-state index in [-0.39, 0.29) is 18.1 Å². The second kappa shape index (κ2) is 7.64. The summed E-state index contributed by atoms with van der Waals surface area (Å²) in [5.41, 5.74) is -0.181. The number of carboxylic acid groups (broad SMARTS) is 1. The van der Waals surface area contributed by atoms with Crippen LogP contribution in [0.3, 0.4) is 0 Å². The molecule has 1 spiro atoms. The van der Waals surface area contributed by atoms with Gasteiger partial charge in [0.15, 0.2) is 0 Å². The van der Waals surface area contributed by atoms with Gasteiger partial charge in [-0.05, 0) is 18.9 Å². The minimum atomic E-state index is -5.08. The number of halogens is 3. The Kier molecular flexibility index (Phi) is 5.77. The molecule has 0 aromatic carbocycles. The number of hydrogen-bond donors (Lipinski definition) is 2. The number of aromatic nitrogens is 2. The highest BCUT2D eigenvalue weighted by Crippen LogP contribution is 2.28. The number of carbonyl (C=O) groups is 2. The maximum Gasteiger partial charge on any atom is 0.490 e. The molecule has 0 unspecified atom stereocenters. The van der Waals surface area contributed by atoms with Gasteiger partial charge in [-0.25, -0.2) is 14.8 Å². The van der Waals surface area contributed by atoms with Crippen LogP contribution in [0.5, 0.6) is 0 Å². The number of morpholine rings is 1. The third-order valence-electron chi connectivity index (χ3n) is 3.87. The topological polar surface area (TPSA) is 105 Å². The number of ether oxygens (including phenoxy) is 1. The first-order valence-corrected chi connectivity index (χ1v) is 7.45. The molecule has 3 heterocycles. The van der Waals surface area contributed by atoms with Crippen LogP contribution >= 0.6 is 0 Å². The standard InChI is InChI=1S/C12H16N4O2.C2HF3O2/c17-10-8-18-12(9-15-10)2-6-16(7-3-12)11-13-4-1-5-14-11;3-2(4,5)1(6)7/h1,4-5H,2-3,6-9H2,(H,15,17);(H,6,7). The third-order valence-corrected chi connectivity index (χ3v) is 3.87. The molecular formula is C14H17F3N4O4. The maximum absolute atomic E-state index is 11.1. The minimum Gasteiger partial charge on any atom is -0.475 e. The average molecular weight is 362 g/mol.